The Morgan fingerprint density at radius 3 is 1.62 bits per heavy atom. The van der Waals surface area contributed by atoms with Crippen LogP contribution in [0.25, 0.3) is 0 Å². The van der Waals surface area contributed by atoms with Crippen LogP contribution in [0, 0.1) is 0 Å². The lowest BCUT2D eigenvalue weighted by molar-refractivity contribution is -0.302. The van der Waals surface area contributed by atoms with Gasteiger partial charge >= 0.3 is 18.0 Å². The Hall–Kier alpha value is -6.05. The zero-order valence-electron chi connectivity index (χ0n) is 34.8. The SMILES string of the molecule is CC(=O)O[C@H]1[C@H](Oc2ccc([C@@H](NC(=O)OC(C)(C)C)C(=O)OCc3ccccc3)cc2)O[C@H](COCc2ccccc2)[C@@H](OCc2ccccc2)[C@@H]1OCc1ccccc1. The predicted molar refractivity (Wildman–Crippen MR) is 226 cm³/mol. The molecule has 0 aliphatic carbocycles. The van der Waals surface area contributed by atoms with Gasteiger partial charge in [-0.15, -0.1) is 0 Å². The summed E-state index contributed by atoms with van der Waals surface area (Å²) < 4.78 is 49.6. The number of alkyl carbamates (subject to hydrolysis) is 1. The number of carbonyl (C=O) groups excluding carboxylic acids is 3. The van der Waals surface area contributed by atoms with Gasteiger partial charge in [0.2, 0.25) is 6.29 Å². The first kappa shape index (κ1) is 44.5. The second-order valence-corrected chi connectivity index (χ2v) is 15.5. The Labute approximate surface area is 357 Å². The van der Waals surface area contributed by atoms with Crippen molar-refractivity contribution in [3.05, 3.63) is 173 Å². The molecule has 0 radical (unpaired) electrons. The molecule has 12 nitrogen and oxygen atoms in total. The molecule has 5 aromatic carbocycles. The van der Waals surface area contributed by atoms with Crippen molar-refractivity contribution in [2.24, 2.45) is 0 Å². The van der Waals surface area contributed by atoms with Crippen molar-refractivity contribution in [2.75, 3.05) is 6.61 Å². The molecule has 0 aromatic heterocycles. The summed E-state index contributed by atoms with van der Waals surface area (Å²) in [6, 6.07) is 43.6. The van der Waals surface area contributed by atoms with Gasteiger partial charge in [-0.2, -0.15) is 0 Å². The van der Waals surface area contributed by atoms with Crippen LogP contribution in [-0.4, -0.2) is 60.9 Å². The van der Waals surface area contributed by atoms with Gasteiger partial charge in [0.1, 0.15) is 36.3 Å². The van der Waals surface area contributed by atoms with E-state index < -0.39 is 60.4 Å². The maximum absolute atomic E-state index is 13.5. The van der Waals surface area contributed by atoms with Crippen LogP contribution in [0.15, 0.2) is 146 Å². The molecule has 0 saturated carbocycles. The fourth-order valence-electron chi connectivity index (χ4n) is 6.60. The third-order valence-electron chi connectivity index (χ3n) is 9.44. The van der Waals surface area contributed by atoms with E-state index in [9.17, 15) is 14.4 Å². The standard InChI is InChI=1S/C49H53NO11/c1-34(51)58-45-44(56-31-37-21-13-7-14-22-37)43(55-30-36-19-11-6-12-20-36)41(33-54-29-35-17-9-5-10-18-35)60-47(45)59-40-27-25-39(26-28-40)42(50-48(53)61-49(2,3)4)46(52)57-32-38-23-15-8-16-24-38/h5-28,41-45,47H,29-33H2,1-4H3,(H,50,53)/t41-,42-,43-,44+,45-,47-/m1/s1. The number of hydrogen-bond acceptors (Lipinski definition) is 11. The summed E-state index contributed by atoms with van der Waals surface area (Å²) in [6.45, 7) is 7.31. The van der Waals surface area contributed by atoms with E-state index in [0.29, 0.717) is 17.9 Å². The largest absolute Gasteiger partial charge is 0.461 e. The van der Waals surface area contributed by atoms with Crippen LogP contribution in [0.3, 0.4) is 0 Å². The topological polar surface area (TPSA) is 137 Å². The third-order valence-corrected chi connectivity index (χ3v) is 9.44. The maximum Gasteiger partial charge on any atom is 0.408 e. The lowest BCUT2D eigenvalue weighted by Gasteiger charge is -2.45. The minimum absolute atomic E-state index is 0.00369. The van der Waals surface area contributed by atoms with E-state index in [1.165, 1.54) is 6.92 Å². The molecule has 1 saturated heterocycles. The molecule has 1 heterocycles. The Morgan fingerprint density at radius 1 is 0.623 bits per heavy atom. The molecular weight excluding hydrogens is 779 g/mol. The molecule has 0 unspecified atom stereocenters. The summed E-state index contributed by atoms with van der Waals surface area (Å²) in [5, 5.41) is 2.65. The minimum Gasteiger partial charge on any atom is -0.461 e. The first-order chi connectivity index (χ1) is 29.5. The highest BCUT2D eigenvalue weighted by Crippen LogP contribution is 2.33. The molecule has 1 aliphatic heterocycles. The van der Waals surface area contributed by atoms with Crippen LogP contribution in [0.4, 0.5) is 4.79 Å². The number of hydrogen-bond donors (Lipinski definition) is 1. The summed E-state index contributed by atoms with van der Waals surface area (Å²) in [6.07, 6.45) is -5.47. The second kappa shape index (κ2) is 22.0. The lowest BCUT2D eigenvalue weighted by Crippen LogP contribution is -2.63. The lowest BCUT2D eigenvalue weighted by atomic mass is 9.97. The third kappa shape index (κ3) is 14.0. The van der Waals surface area contributed by atoms with Crippen molar-refractivity contribution in [3.63, 3.8) is 0 Å². The van der Waals surface area contributed by atoms with Crippen molar-refractivity contribution in [1.82, 2.24) is 5.32 Å². The second-order valence-electron chi connectivity index (χ2n) is 15.5. The Kier molecular flexibility index (Phi) is 16.0. The maximum atomic E-state index is 13.5. The van der Waals surface area contributed by atoms with Gasteiger partial charge in [0.25, 0.3) is 0 Å². The Balaban J connectivity index is 1.27. The number of amides is 1. The van der Waals surface area contributed by atoms with Gasteiger partial charge in [-0.1, -0.05) is 133 Å². The van der Waals surface area contributed by atoms with E-state index in [0.717, 1.165) is 22.3 Å². The van der Waals surface area contributed by atoms with Crippen LogP contribution in [0.2, 0.25) is 0 Å². The van der Waals surface area contributed by atoms with E-state index in [4.69, 9.17) is 37.9 Å². The molecule has 12 heteroatoms. The van der Waals surface area contributed by atoms with Crippen molar-refractivity contribution < 1.29 is 52.3 Å². The summed E-state index contributed by atoms with van der Waals surface area (Å²) in [5.41, 5.74) is 3.19. The van der Waals surface area contributed by atoms with Gasteiger partial charge in [-0.3, -0.25) is 4.79 Å². The first-order valence-corrected chi connectivity index (χ1v) is 20.2. The van der Waals surface area contributed by atoms with Crippen molar-refractivity contribution >= 4 is 18.0 Å². The molecule has 0 bridgehead atoms. The van der Waals surface area contributed by atoms with Crippen molar-refractivity contribution in [2.45, 2.75) is 96.5 Å². The molecule has 61 heavy (non-hydrogen) atoms. The number of nitrogens with one attached hydrogen (secondary N) is 1. The summed E-state index contributed by atoms with van der Waals surface area (Å²) >= 11 is 0. The number of benzene rings is 5. The van der Waals surface area contributed by atoms with E-state index in [2.05, 4.69) is 5.32 Å². The van der Waals surface area contributed by atoms with Crippen LogP contribution in [0.5, 0.6) is 5.75 Å². The van der Waals surface area contributed by atoms with Crippen molar-refractivity contribution in [3.8, 4) is 5.75 Å². The highest BCUT2D eigenvalue weighted by atomic mass is 16.7. The highest BCUT2D eigenvalue weighted by molar-refractivity contribution is 5.83. The smallest absolute Gasteiger partial charge is 0.408 e. The average molecular weight is 832 g/mol. The molecule has 1 fully saturated rings. The average Bonchev–Trinajstić information content (AvgIpc) is 3.25. The number of esters is 2. The zero-order chi connectivity index (χ0) is 43.0. The Bertz CT molecular complexity index is 2100. The molecule has 6 rings (SSSR count). The monoisotopic (exact) mass is 831 g/mol. The normalized spacial score (nSPS) is 19.2. The molecular formula is C49H53NO11. The highest BCUT2D eigenvalue weighted by Gasteiger charge is 2.51. The van der Waals surface area contributed by atoms with E-state index in [1.54, 1.807) is 45.0 Å². The predicted octanol–water partition coefficient (Wildman–Crippen LogP) is 8.42. The van der Waals surface area contributed by atoms with Gasteiger partial charge in [0.15, 0.2) is 12.1 Å². The number of carbonyl (C=O) groups is 3. The van der Waals surface area contributed by atoms with Crippen LogP contribution >= 0.6 is 0 Å². The molecule has 320 valence electrons. The van der Waals surface area contributed by atoms with E-state index >= 15 is 0 Å². The van der Waals surface area contributed by atoms with Gasteiger partial charge < -0.3 is 43.2 Å². The number of rotatable bonds is 18. The van der Waals surface area contributed by atoms with E-state index in [1.807, 2.05) is 121 Å². The fraction of sp³-hybridized carbons (Fsp3) is 0.327. The molecule has 1 amide bonds. The molecule has 1 aliphatic rings. The van der Waals surface area contributed by atoms with Crippen LogP contribution < -0.4 is 10.1 Å². The zero-order valence-corrected chi connectivity index (χ0v) is 34.8. The summed E-state index contributed by atoms with van der Waals surface area (Å²) in [5.74, 6) is -0.947. The van der Waals surface area contributed by atoms with E-state index in [-0.39, 0.29) is 26.4 Å². The molecule has 5 aromatic rings. The van der Waals surface area contributed by atoms with Gasteiger partial charge in [-0.25, -0.2) is 9.59 Å². The number of ether oxygens (including phenoxy) is 8. The quantitative estimate of drug-likeness (QED) is 0.0673. The van der Waals surface area contributed by atoms with Gasteiger partial charge in [-0.05, 0) is 60.7 Å². The van der Waals surface area contributed by atoms with Crippen LogP contribution in [-0.2, 0) is 69.2 Å². The van der Waals surface area contributed by atoms with Crippen molar-refractivity contribution in [1.29, 1.82) is 0 Å². The van der Waals surface area contributed by atoms with Gasteiger partial charge in [0.05, 0.1) is 26.4 Å². The molecule has 1 N–H and O–H groups in total. The summed E-state index contributed by atoms with van der Waals surface area (Å²) in [7, 11) is 0. The first-order valence-electron chi connectivity index (χ1n) is 20.2. The van der Waals surface area contributed by atoms with Gasteiger partial charge in [0, 0.05) is 6.92 Å². The Morgan fingerprint density at radius 2 is 1.11 bits per heavy atom. The van der Waals surface area contributed by atoms with Crippen LogP contribution in [0.1, 0.15) is 61.6 Å². The fourth-order valence-corrected chi connectivity index (χ4v) is 6.60. The molecule has 6 atom stereocenters. The summed E-state index contributed by atoms with van der Waals surface area (Å²) in [4.78, 5) is 39.2. The minimum atomic E-state index is -1.21. The molecule has 0 spiro atoms.